The van der Waals surface area contributed by atoms with Crippen LogP contribution in [-0.4, -0.2) is 25.1 Å². The Labute approximate surface area is 168 Å². The van der Waals surface area contributed by atoms with Gasteiger partial charge in [0, 0.05) is 17.8 Å². The topological polar surface area (TPSA) is 81.3 Å². The van der Waals surface area contributed by atoms with Crippen LogP contribution in [0.3, 0.4) is 0 Å². The van der Waals surface area contributed by atoms with E-state index in [0.29, 0.717) is 27.7 Å². The van der Waals surface area contributed by atoms with Gasteiger partial charge in [-0.25, -0.2) is 14.6 Å². The summed E-state index contributed by atoms with van der Waals surface area (Å²) < 4.78 is 4.00. The molecule has 0 aliphatic heterocycles. The monoisotopic (exact) mass is 401 g/mol. The Balaban J connectivity index is 1.69. The molecule has 1 amide bonds. The Morgan fingerprint density at radius 2 is 1.79 bits per heavy atom. The fraction of sp³-hybridized carbons (Fsp3) is 0.0476. The SMILES string of the molecule is Cc1c(C(=O)Nc2nc3ccccc3s2)n(-c2ccccc2)n2c(=O)ccnc12. The summed E-state index contributed by atoms with van der Waals surface area (Å²) in [4.78, 5) is 34.7. The van der Waals surface area contributed by atoms with E-state index < -0.39 is 0 Å². The van der Waals surface area contributed by atoms with Gasteiger partial charge in [-0.15, -0.1) is 0 Å². The van der Waals surface area contributed by atoms with Gasteiger partial charge in [0.05, 0.1) is 15.9 Å². The third-order valence-electron chi connectivity index (χ3n) is 4.66. The molecule has 7 nitrogen and oxygen atoms in total. The number of carbonyl (C=O) groups is 1. The van der Waals surface area contributed by atoms with E-state index in [1.54, 1.807) is 11.6 Å². The lowest BCUT2D eigenvalue weighted by atomic mass is 10.2. The molecule has 0 atom stereocenters. The number of rotatable bonds is 3. The molecule has 3 aromatic heterocycles. The van der Waals surface area contributed by atoms with Gasteiger partial charge in [-0.05, 0) is 31.2 Å². The van der Waals surface area contributed by atoms with E-state index in [0.717, 1.165) is 10.2 Å². The molecule has 0 bridgehead atoms. The number of aromatic nitrogens is 4. The van der Waals surface area contributed by atoms with E-state index in [1.807, 2.05) is 54.6 Å². The lowest BCUT2D eigenvalue weighted by Gasteiger charge is -2.10. The number of para-hydroxylation sites is 2. The molecule has 0 radical (unpaired) electrons. The summed E-state index contributed by atoms with van der Waals surface area (Å²) in [6, 6.07) is 18.3. The van der Waals surface area contributed by atoms with Gasteiger partial charge in [0.2, 0.25) is 0 Å². The van der Waals surface area contributed by atoms with E-state index in [4.69, 9.17) is 0 Å². The van der Waals surface area contributed by atoms with Crippen LogP contribution in [0.4, 0.5) is 5.13 Å². The van der Waals surface area contributed by atoms with E-state index in [1.165, 1.54) is 28.1 Å². The molecule has 0 saturated heterocycles. The van der Waals surface area contributed by atoms with Crippen LogP contribution in [0.1, 0.15) is 16.1 Å². The van der Waals surface area contributed by atoms with Crippen molar-refractivity contribution in [2.75, 3.05) is 5.32 Å². The number of nitrogens with one attached hydrogen (secondary N) is 1. The van der Waals surface area contributed by atoms with E-state index in [2.05, 4.69) is 15.3 Å². The highest BCUT2D eigenvalue weighted by Gasteiger charge is 2.24. The van der Waals surface area contributed by atoms with Crippen molar-refractivity contribution in [2.45, 2.75) is 6.92 Å². The molecule has 0 aliphatic carbocycles. The van der Waals surface area contributed by atoms with Crippen molar-refractivity contribution in [3.05, 3.63) is 88.5 Å². The van der Waals surface area contributed by atoms with Crippen LogP contribution in [0.25, 0.3) is 21.6 Å². The molecule has 2 aromatic carbocycles. The number of thiazole rings is 1. The number of amides is 1. The first-order valence-corrected chi connectivity index (χ1v) is 9.77. The molecular weight excluding hydrogens is 386 g/mol. The molecule has 0 spiro atoms. The third kappa shape index (κ3) is 2.81. The number of aryl methyl sites for hydroxylation is 1. The minimum absolute atomic E-state index is 0.263. The van der Waals surface area contributed by atoms with Crippen molar-refractivity contribution in [1.82, 2.24) is 19.2 Å². The second kappa shape index (κ2) is 6.68. The van der Waals surface area contributed by atoms with E-state index in [-0.39, 0.29) is 11.5 Å². The summed E-state index contributed by atoms with van der Waals surface area (Å²) in [6.07, 6.45) is 1.45. The maximum Gasteiger partial charge on any atom is 0.276 e. The molecule has 0 fully saturated rings. The average Bonchev–Trinajstić information content (AvgIpc) is 3.27. The van der Waals surface area contributed by atoms with Crippen LogP contribution >= 0.6 is 11.3 Å². The number of fused-ring (bicyclic) bond motifs is 2. The molecule has 1 N–H and O–H groups in total. The highest BCUT2D eigenvalue weighted by atomic mass is 32.1. The molecule has 5 aromatic rings. The Morgan fingerprint density at radius 3 is 2.59 bits per heavy atom. The standard InChI is InChI=1S/C21H15N5O2S/c1-13-18(20(28)24-21-23-15-9-5-6-10-16(15)29-21)25(14-7-3-2-4-8-14)26-17(27)11-12-22-19(13)26/h2-12H,1H3,(H,23,24,28). The summed E-state index contributed by atoms with van der Waals surface area (Å²) in [5, 5.41) is 3.38. The predicted octanol–water partition coefficient (Wildman–Crippen LogP) is 3.66. The summed E-state index contributed by atoms with van der Waals surface area (Å²) in [5.41, 5.74) is 2.65. The van der Waals surface area contributed by atoms with Gasteiger partial charge in [0.15, 0.2) is 10.8 Å². The maximum atomic E-state index is 13.3. The molecule has 0 unspecified atom stereocenters. The number of hydrogen-bond acceptors (Lipinski definition) is 5. The first-order chi connectivity index (χ1) is 14.1. The fourth-order valence-corrected chi connectivity index (χ4v) is 4.24. The Morgan fingerprint density at radius 1 is 1.03 bits per heavy atom. The second-order valence-electron chi connectivity index (χ2n) is 6.48. The number of anilines is 1. The zero-order valence-corrected chi connectivity index (χ0v) is 16.2. The zero-order valence-electron chi connectivity index (χ0n) is 15.4. The van der Waals surface area contributed by atoms with Gasteiger partial charge >= 0.3 is 0 Å². The molecule has 142 valence electrons. The normalized spacial score (nSPS) is 11.2. The zero-order chi connectivity index (χ0) is 20.0. The lowest BCUT2D eigenvalue weighted by molar-refractivity contribution is 0.101. The fourth-order valence-electron chi connectivity index (χ4n) is 3.38. The van der Waals surface area contributed by atoms with Crippen molar-refractivity contribution in [2.24, 2.45) is 0 Å². The van der Waals surface area contributed by atoms with Crippen LogP contribution in [0.5, 0.6) is 0 Å². The summed E-state index contributed by atoms with van der Waals surface area (Å²) >= 11 is 1.40. The lowest BCUT2D eigenvalue weighted by Crippen LogP contribution is -2.23. The van der Waals surface area contributed by atoms with Gasteiger partial charge in [-0.1, -0.05) is 41.7 Å². The highest BCUT2D eigenvalue weighted by Crippen LogP contribution is 2.27. The largest absolute Gasteiger partial charge is 0.296 e. The third-order valence-corrected chi connectivity index (χ3v) is 5.61. The van der Waals surface area contributed by atoms with Crippen LogP contribution in [0.15, 0.2) is 71.7 Å². The molecular formula is C21H15N5O2S. The van der Waals surface area contributed by atoms with Gasteiger partial charge < -0.3 is 0 Å². The minimum atomic E-state index is -0.352. The van der Waals surface area contributed by atoms with Crippen LogP contribution < -0.4 is 10.9 Å². The van der Waals surface area contributed by atoms with Crippen molar-refractivity contribution in [3.8, 4) is 5.69 Å². The van der Waals surface area contributed by atoms with Crippen LogP contribution in [0, 0.1) is 6.92 Å². The maximum absolute atomic E-state index is 13.3. The van der Waals surface area contributed by atoms with Gasteiger partial charge in [0.1, 0.15) is 5.69 Å². The van der Waals surface area contributed by atoms with Gasteiger partial charge in [-0.3, -0.25) is 14.9 Å². The average molecular weight is 401 g/mol. The van der Waals surface area contributed by atoms with Crippen LogP contribution in [0.2, 0.25) is 0 Å². The Bertz CT molecular complexity index is 1400. The van der Waals surface area contributed by atoms with Crippen molar-refractivity contribution in [1.29, 1.82) is 0 Å². The van der Waals surface area contributed by atoms with Crippen molar-refractivity contribution >= 4 is 38.2 Å². The number of carbonyl (C=O) groups excluding carboxylic acids is 1. The van der Waals surface area contributed by atoms with Crippen molar-refractivity contribution in [3.63, 3.8) is 0 Å². The van der Waals surface area contributed by atoms with Crippen molar-refractivity contribution < 1.29 is 4.79 Å². The number of benzene rings is 2. The quantitative estimate of drug-likeness (QED) is 0.500. The highest BCUT2D eigenvalue weighted by molar-refractivity contribution is 7.22. The minimum Gasteiger partial charge on any atom is -0.296 e. The van der Waals surface area contributed by atoms with E-state index >= 15 is 0 Å². The molecule has 5 rings (SSSR count). The molecule has 8 heteroatoms. The molecule has 3 heterocycles. The molecule has 0 aliphatic rings. The molecule has 0 saturated carbocycles. The smallest absolute Gasteiger partial charge is 0.276 e. The van der Waals surface area contributed by atoms with Gasteiger partial charge in [-0.2, -0.15) is 4.52 Å². The number of nitrogens with zero attached hydrogens (tertiary/aromatic N) is 4. The van der Waals surface area contributed by atoms with Gasteiger partial charge in [0.25, 0.3) is 11.5 Å². The second-order valence-corrected chi connectivity index (χ2v) is 7.51. The predicted molar refractivity (Wildman–Crippen MR) is 113 cm³/mol. The van der Waals surface area contributed by atoms with E-state index in [9.17, 15) is 9.59 Å². The number of hydrogen-bond donors (Lipinski definition) is 1. The first-order valence-electron chi connectivity index (χ1n) is 8.95. The molecule has 29 heavy (non-hydrogen) atoms. The summed E-state index contributed by atoms with van der Waals surface area (Å²) in [6.45, 7) is 1.79. The van der Waals surface area contributed by atoms with Crippen LogP contribution in [-0.2, 0) is 0 Å². The Kier molecular flexibility index (Phi) is 3.99. The first kappa shape index (κ1) is 17.3. The summed E-state index contributed by atoms with van der Waals surface area (Å²) in [7, 11) is 0. The summed E-state index contributed by atoms with van der Waals surface area (Å²) in [5.74, 6) is -0.352. The Hall–Kier alpha value is -3.78.